The summed E-state index contributed by atoms with van der Waals surface area (Å²) in [7, 11) is 0. The Morgan fingerprint density at radius 3 is 2.35 bits per heavy atom. The molecule has 0 N–H and O–H groups in total. The van der Waals surface area contributed by atoms with Crippen LogP contribution in [0.15, 0.2) is 54.7 Å². The Labute approximate surface area is 223 Å². The standard InChI is InChI=1S/C30H34ClFN4O/c1-21-17-22(2)26(30(37)36-15-13-35(14-16-36)29-8-7-25(32)20-33-29)19-24(21)18-23-9-11-34(12-10-23)28-6-4-3-5-27(28)31/h3-8,17,19-20,23H,9-16,18H2,1-2H3. The highest BCUT2D eigenvalue weighted by molar-refractivity contribution is 6.33. The number of benzene rings is 2. The number of para-hydroxylation sites is 1. The number of pyridine rings is 1. The first kappa shape index (κ1) is 25.5. The van der Waals surface area contributed by atoms with Crippen molar-refractivity contribution in [1.82, 2.24) is 9.88 Å². The summed E-state index contributed by atoms with van der Waals surface area (Å²) in [5, 5.41) is 0.813. The van der Waals surface area contributed by atoms with E-state index in [4.69, 9.17) is 11.6 Å². The van der Waals surface area contributed by atoms with E-state index in [0.29, 0.717) is 32.1 Å². The minimum atomic E-state index is -0.339. The Morgan fingerprint density at radius 2 is 1.68 bits per heavy atom. The van der Waals surface area contributed by atoms with Crippen LogP contribution in [0.1, 0.15) is 39.9 Å². The zero-order chi connectivity index (χ0) is 25.9. The van der Waals surface area contributed by atoms with Crippen molar-refractivity contribution in [1.29, 1.82) is 0 Å². The largest absolute Gasteiger partial charge is 0.370 e. The summed E-state index contributed by atoms with van der Waals surface area (Å²) in [4.78, 5) is 24.1. The molecule has 1 amide bonds. The van der Waals surface area contributed by atoms with Gasteiger partial charge in [0.2, 0.25) is 0 Å². The first-order valence-electron chi connectivity index (χ1n) is 13.1. The molecule has 0 unspecified atom stereocenters. The molecule has 37 heavy (non-hydrogen) atoms. The van der Waals surface area contributed by atoms with Crippen LogP contribution in [0.4, 0.5) is 15.9 Å². The average Bonchev–Trinajstić information content (AvgIpc) is 2.91. The quantitative estimate of drug-likeness (QED) is 0.419. The topological polar surface area (TPSA) is 39.7 Å². The van der Waals surface area contributed by atoms with Crippen LogP contribution < -0.4 is 9.80 Å². The fraction of sp³-hybridized carbons (Fsp3) is 0.400. The van der Waals surface area contributed by atoms with Gasteiger partial charge in [-0.15, -0.1) is 0 Å². The lowest BCUT2D eigenvalue weighted by Crippen LogP contribution is -2.49. The third-order valence-electron chi connectivity index (χ3n) is 7.83. The smallest absolute Gasteiger partial charge is 0.254 e. The van der Waals surface area contributed by atoms with E-state index in [9.17, 15) is 9.18 Å². The number of carbonyl (C=O) groups is 1. The van der Waals surface area contributed by atoms with Crippen LogP contribution in [-0.4, -0.2) is 55.1 Å². The summed E-state index contributed by atoms with van der Waals surface area (Å²) in [5.41, 5.74) is 5.50. The second-order valence-electron chi connectivity index (χ2n) is 10.3. The number of piperidine rings is 1. The van der Waals surface area contributed by atoms with Gasteiger partial charge in [0.05, 0.1) is 16.9 Å². The highest BCUT2D eigenvalue weighted by Crippen LogP contribution is 2.31. The number of anilines is 2. The zero-order valence-corrected chi connectivity index (χ0v) is 22.3. The number of amides is 1. The number of aromatic nitrogens is 1. The van der Waals surface area contributed by atoms with Crippen molar-refractivity contribution >= 4 is 29.0 Å². The van der Waals surface area contributed by atoms with Gasteiger partial charge in [-0.05, 0) is 86.1 Å². The first-order valence-corrected chi connectivity index (χ1v) is 13.5. The van der Waals surface area contributed by atoms with Gasteiger partial charge in [0.1, 0.15) is 11.6 Å². The van der Waals surface area contributed by atoms with Crippen LogP contribution in [0.3, 0.4) is 0 Å². The number of hydrogen-bond acceptors (Lipinski definition) is 4. The minimum Gasteiger partial charge on any atom is -0.370 e. The minimum absolute atomic E-state index is 0.0963. The lowest BCUT2D eigenvalue weighted by Gasteiger charge is -2.36. The van der Waals surface area contributed by atoms with E-state index in [1.165, 1.54) is 23.4 Å². The van der Waals surface area contributed by atoms with Crippen LogP contribution in [0.2, 0.25) is 5.02 Å². The molecule has 0 bridgehead atoms. The van der Waals surface area contributed by atoms with E-state index in [0.717, 1.165) is 60.0 Å². The lowest BCUT2D eigenvalue weighted by molar-refractivity contribution is 0.0745. The molecule has 2 aromatic carbocycles. The molecule has 3 aromatic rings. The molecule has 0 atom stereocenters. The normalized spacial score (nSPS) is 16.8. The van der Waals surface area contributed by atoms with Gasteiger partial charge in [0, 0.05) is 44.8 Å². The molecule has 5 nitrogen and oxygen atoms in total. The first-order chi connectivity index (χ1) is 17.9. The molecule has 0 spiro atoms. The Morgan fingerprint density at radius 1 is 0.946 bits per heavy atom. The monoisotopic (exact) mass is 520 g/mol. The summed E-state index contributed by atoms with van der Waals surface area (Å²) in [6, 6.07) is 15.5. The third-order valence-corrected chi connectivity index (χ3v) is 8.15. The second-order valence-corrected chi connectivity index (χ2v) is 10.7. The van der Waals surface area contributed by atoms with Crippen LogP contribution in [0.25, 0.3) is 0 Å². The summed E-state index contributed by atoms with van der Waals surface area (Å²) in [6.07, 6.45) is 4.46. The van der Waals surface area contributed by atoms with Crippen LogP contribution in [-0.2, 0) is 6.42 Å². The van der Waals surface area contributed by atoms with Crippen molar-refractivity contribution in [2.75, 3.05) is 49.1 Å². The number of piperazine rings is 1. The predicted octanol–water partition coefficient (Wildman–Crippen LogP) is 5.91. The molecule has 1 aromatic heterocycles. The Balaban J connectivity index is 1.21. The summed E-state index contributed by atoms with van der Waals surface area (Å²) < 4.78 is 13.2. The number of rotatable bonds is 5. The molecule has 5 rings (SSSR count). The van der Waals surface area contributed by atoms with Crippen molar-refractivity contribution < 1.29 is 9.18 Å². The number of nitrogens with zero attached hydrogens (tertiary/aromatic N) is 4. The van der Waals surface area contributed by atoms with Crippen molar-refractivity contribution in [3.05, 3.63) is 87.8 Å². The van der Waals surface area contributed by atoms with Gasteiger partial charge in [0.15, 0.2) is 0 Å². The van der Waals surface area contributed by atoms with Crippen LogP contribution in [0.5, 0.6) is 0 Å². The maximum absolute atomic E-state index is 13.5. The van der Waals surface area contributed by atoms with E-state index in [1.54, 1.807) is 6.07 Å². The van der Waals surface area contributed by atoms with E-state index < -0.39 is 0 Å². The van der Waals surface area contributed by atoms with Crippen LogP contribution in [0, 0.1) is 25.6 Å². The van der Waals surface area contributed by atoms with Gasteiger partial charge in [0.25, 0.3) is 5.91 Å². The molecule has 7 heteroatoms. The molecule has 0 aliphatic carbocycles. The van der Waals surface area contributed by atoms with Crippen molar-refractivity contribution in [2.45, 2.75) is 33.1 Å². The fourth-order valence-electron chi connectivity index (χ4n) is 5.61. The predicted molar refractivity (Wildman–Crippen MR) is 148 cm³/mol. The Hall–Kier alpha value is -3.12. The molecule has 2 aliphatic rings. The van der Waals surface area contributed by atoms with E-state index in [2.05, 4.69) is 39.9 Å². The molecule has 0 saturated carbocycles. The van der Waals surface area contributed by atoms with Gasteiger partial charge in [-0.3, -0.25) is 4.79 Å². The van der Waals surface area contributed by atoms with Gasteiger partial charge in [-0.2, -0.15) is 0 Å². The molecule has 194 valence electrons. The number of carbonyl (C=O) groups excluding carboxylic acids is 1. The van der Waals surface area contributed by atoms with E-state index in [-0.39, 0.29) is 11.7 Å². The molecule has 2 fully saturated rings. The Bertz CT molecular complexity index is 1250. The molecule has 2 saturated heterocycles. The van der Waals surface area contributed by atoms with Crippen LogP contribution >= 0.6 is 11.6 Å². The van der Waals surface area contributed by atoms with Crippen molar-refractivity contribution in [3.8, 4) is 0 Å². The molecular formula is C30H34ClFN4O. The van der Waals surface area contributed by atoms with E-state index in [1.807, 2.05) is 30.0 Å². The van der Waals surface area contributed by atoms with Gasteiger partial charge >= 0.3 is 0 Å². The van der Waals surface area contributed by atoms with Crippen molar-refractivity contribution in [2.24, 2.45) is 5.92 Å². The van der Waals surface area contributed by atoms with Gasteiger partial charge in [-0.25, -0.2) is 9.37 Å². The summed E-state index contributed by atoms with van der Waals surface area (Å²) >= 11 is 6.42. The molecular weight excluding hydrogens is 487 g/mol. The summed E-state index contributed by atoms with van der Waals surface area (Å²) in [6.45, 7) is 8.81. The fourth-order valence-corrected chi connectivity index (χ4v) is 5.86. The zero-order valence-electron chi connectivity index (χ0n) is 21.6. The highest BCUT2D eigenvalue weighted by atomic mass is 35.5. The van der Waals surface area contributed by atoms with Gasteiger partial charge in [-0.1, -0.05) is 29.8 Å². The molecule has 0 radical (unpaired) electrons. The van der Waals surface area contributed by atoms with E-state index >= 15 is 0 Å². The SMILES string of the molecule is Cc1cc(C)c(C(=O)N2CCN(c3ccc(F)cn3)CC2)cc1CC1CCN(c2ccccc2Cl)CC1. The maximum Gasteiger partial charge on any atom is 0.254 e. The average molecular weight is 521 g/mol. The number of hydrogen-bond donors (Lipinski definition) is 0. The second kappa shape index (κ2) is 11.1. The third kappa shape index (κ3) is 5.74. The lowest BCUT2D eigenvalue weighted by atomic mass is 9.87. The maximum atomic E-state index is 13.5. The molecule has 3 heterocycles. The van der Waals surface area contributed by atoms with Crippen molar-refractivity contribution in [3.63, 3.8) is 0 Å². The van der Waals surface area contributed by atoms with Gasteiger partial charge < -0.3 is 14.7 Å². The highest BCUT2D eigenvalue weighted by Gasteiger charge is 2.26. The molecule has 2 aliphatic heterocycles. The number of halogens is 2. The number of aryl methyl sites for hydroxylation is 2. The summed E-state index contributed by atoms with van der Waals surface area (Å²) in [5.74, 6) is 1.10. The Kier molecular flexibility index (Phi) is 7.65.